The molecular weight excluding hydrogens is 268 g/mol. The van der Waals surface area contributed by atoms with E-state index in [0.29, 0.717) is 12.8 Å². The van der Waals surface area contributed by atoms with Gasteiger partial charge in [0.25, 0.3) is 5.91 Å². The molecule has 6 nitrogen and oxygen atoms in total. The van der Waals surface area contributed by atoms with Crippen molar-refractivity contribution in [1.29, 1.82) is 0 Å². The Kier molecular flexibility index (Phi) is 3.43. The largest absolute Gasteiger partial charge is 0.364 e. The third-order valence-corrected chi connectivity index (χ3v) is 3.60. The van der Waals surface area contributed by atoms with Gasteiger partial charge in [-0.3, -0.25) is 9.59 Å². The average Bonchev–Trinajstić information content (AvgIpc) is 3.07. The van der Waals surface area contributed by atoms with E-state index in [1.807, 2.05) is 30.3 Å². The number of carbonyl (C=O) groups excluding carboxylic acids is 2. The Morgan fingerprint density at radius 3 is 2.76 bits per heavy atom. The molecule has 2 aromatic rings. The van der Waals surface area contributed by atoms with Crippen molar-refractivity contribution in [3.63, 3.8) is 0 Å². The molecule has 1 aromatic carbocycles. The van der Waals surface area contributed by atoms with Crippen LogP contribution < -0.4 is 11.1 Å². The zero-order valence-corrected chi connectivity index (χ0v) is 11.5. The summed E-state index contributed by atoms with van der Waals surface area (Å²) in [5.41, 5.74) is 7.29. The minimum atomic E-state index is -0.552. The standard InChI is InChI=1S/C15H16N4O2/c16-15(21)14-10(8-11-6-7-13(20)17-11)9-19(18-14)12-4-2-1-3-5-12/h1-5,9,11H,6-8H2,(H2,16,21)(H,17,20). The molecule has 6 heteroatoms. The summed E-state index contributed by atoms with van der Waals surface area (Å²) in [7, 11) is 0. The van der Waals surface area contributed by atoms with E-state index in [1.54, 1.807) is 10.9 Å². The number of nitrogens with zero attached hydrogens (tertiary/aromatic N) is 2. The first-order valence-corrected chi connectivity index (χ1v) is 6.86. The smallest absolute Gasteiger partial charge is 0.269 e. The van der Waals surface area contributed by atoms with Crippen LogP contribution in [-0.2, 0) is 11.2 Å². The van der Waals surface area contributed by atoms with Crippen LogP contribution in [0, 0.1) is 0 Å². The number of hydrogen-bond acceptors (Lipinski definition) is 3. The molecule has 1 aliphatic heterocycles. The minimum Gasteiger partial charge on any atom is -0.364 e. The van der Waals surface area contributed by atoms with Gasteiger partial charge in [0.15, 0.2) is 5.69 Å². The van der Waals surface area contributed by atoms with Crippen molar-refractivity contribution >= 4 is 11.8 Å². The molecule has 1 atom stereocenters. The first-order valence-electron chi connectivity index (χ1n) is 6.86. The quantitative estimate of drug-likeness (QED) is 0.869. The minimum absolute atomic E-state index is 0.0454. The van der Waals surface area contributed by atoms with Gasteiger partial charge in [-0.05, 0) is 25.0 Å². The van der Waals surface area contributed by atoms with Crippen LogP contribution in [0.1, 0.15) is 28.9 Å². The molecule has 0 aliphatic carbocycles. The summed E-state index contributed by atoms with van der Waals surface area (Å²) in [5, 5.41) is 7.16. The summed E-state index contributed by atoms with van der Waals surface area (Å²) in [6, 6.07) is 9.56. The van der Waals surface area contributed by atoms with Crippen LogP contribution in [-0.4, -0.2) is 27.6 Å². The summed E-state index contributed by atoms with van der Waals surface area (Å²) in [6.07, 6.45) is 3.67. The number of amides is 2. The summed E-state index contributed by atoms with van der Waals surface area (Å²) < 4.78 is 1.65. The molecule has 3 N–H and O–H groups in total. The summed E-state index contributed by atoms with van der Waals surface area (Å²) in [6.45, 7) is 0. The number of rotatable bonds is 4. The van der Waals surface area contributed by atoms with Crippen molar-refractivity contribution in [3.05, 3.63) is 47.8 Å². The van der Waals surface area contributed by atoms with E-state index in [9.17, 15) is 9.59 Å². The second-order valence-electron chi connectivity index (χ2n) is 5.15. The van der Waals surface area contributed by atoms with E-state index < -0.39 is 5.91 Å². The van der Waals surface area contributed by atoms with Crippen molar-refractivity contribution in [2.75, 3.05) is 0 Å². The summed E-state index contributed by atoms with van der Waals surface area (Å²) >= 11 is 0. The highest BCUT2D eigenvalue weighted by atomic mass is 16.2. The van der Waals surface area contributed by atoms with Crippen molar-refractivity contribution in [1.82, 2.24) is 15.1 Å². The van der Waals surface area contributed by atoms with E-state index >= 15 is 0 Å². The number of hydrogen-bond donors (Lipinski definition) is 2. The van der Waals surface area contributed by atoms with Crippen LogP contribution in [0.25, 0.3) is 5.69 Å². The summed E-state index contributed by atoms with van der Waals surface area (Å²) in [5.74, 6) is -0.500. The first-order chi connectivity index (χ1) is 10.1. The first kappa shape index (κ1) is 13.4. The molecule has 1 aliphatic rings. The van der Waals surface area contributed by atoms with Gasteiger partial charge in [-0.1, -0.05) is 18.2 Å². The lowest BCUT2D eigenvalue weighted by molar-refractivity contribution is -0.119. The molecule has 0 bridgehead atoms. The van der Waals surface area contributed by atoms with Crippen LogP contribution in [0.15, 0.2) is 36.5 Å². The second kappa shape index (κ2) is 5.40. The van der Waals surface area contributed by atoms with Gasteiger partial charge >= 0.3 is 0 Å². The van der Waals surface area contributed by atoms with Crippen LogP contribution in [0.4, 0.5) is 0 Å². The lowest BCUT2D eigenvalue weighted by Gasteiger charge is -2.08. The van der Waals surface area contributed by atoms with E-state index in [-0.39, 0.29) is 17.6 Å². The predicted molar refractivity (Wildman–Crippen MR) is 77.0 cm³/mol. The van der Waals surface area contributed by atoms with Gasteiger partial charge in [-0.25, -0.2) is 4.68 Å². The number of carbonyl (C=O) groups is 2. The van der Waals surface area contributed by atoms with Crippen molar-refractivity contribution in [2.24, 2.45) is 5.73 Å². The maximum atomic E-state index is 11.6. The average molecular weight is 284 g/mol. The zero-order chi connectivity index (χ0) is 14.8. The molecule has 1 aromatic heterocycles. The van der Waals surface area contributed by atoms with Gasteiger partial charge < -0.3 is 11.1 Å². The van der Waals surface area contributed by atoms with Gasteiger partial charge in [0.1, 0.15) is 0 Å². The molecule has 1 saturated heterocycles. The summed E-state index contributed by atoms with van der Waals surface area (Å²) in [4.78, 5) is 22.8. The highest BCUT2D eigenvalue weighted by Gasteiger charge is 2.24. The Balaban J connectivity index is 1.90. The highest BCUT2D eigenvalue weighted by Crippen LogP contribution is 2.17. The molecule has 108 valence electrons. The number of nitrogens with two attached hydrogens (primary N) is 1. The molecule has 1 fully saturated rings. The van der Waals surface area contributed by atoms with Crippen LogP contribution in [0.5, 0.6) is 0 Å². The SMILES string of the molecule is NC(=O)c1nn(-c2ccccc2)cc1CC1CCC(=O)N1. The van der Waals surface area contributed by atoms with E-state index in [4.69, 9.17) is 5.73 Å². The lowest BCUT2D eigenvalue weighted by Crippen LogP contribution is -2.28. The molecule has 0 saturated carbocycles. The van der Waals surface area contributed by atoms with Crippen LogP contribution in [0.2, 0.25) is 0 Å². The number of para-hydroxylation sites is 1. The second-order valence-corrected chi connectivity index (χ2v) is 5.15. The maximum absolute atomic E-state index is 11.6. The Hall–Kier alpha value is -2.63. The molecule has 0 radical (unpaired) electrons. The Morgan fingerprint density at radius 2 is 2.14 bits per heavy atom. The van der Waals surface area contributed by atoms with Crippen LogP contribution in [0.3, 0.4) is 0 Å². The van der Waals surface area contributed by atoms with Gasteiger partial charge in [-0.2, -0.15) is 5.10 Å². The zero-order valence-electron chi connectivity index (χ0n) is 11.5. The van der Waals surface area contributed by atoms with Crippen molar-refractivity contribution in [3.8, 4) is 5.69 Å². The van der Waals surface area contributed by atoms with E-state index in [0.717, 1.165) is 17.7 Å². The molecule has 1 unspecified atom stereocenters. The normalized spacial score (nSPS) is 17.7. The number of benzene rings is 1. The maximum Gasteiger partial charge on any atom is 0.269 e. The number of nitrogens with one attached hydrogen (secondary N) is 1. The number of primary amides is 1. The fourth-order valence-electron chi connectivity index (χ4n) is 2.58. The fourth-order valence-corrected chi connectivity index (χ4v) is 2.58. The Morgan fingerprint density at radius 1 is 1.38 bits per heavy atom. The molecule has 21 heavy (non-hydrogen) atoms. The molecule has 2 heterocycles. The lowest BCUT2D eigenvalue weighted by atomic mass is 10.1. The molecule has 2 amide bonds. The number of aromatic nitrogens is 2. The van der Waals surface area contributed by atoms with Gasteiger partial charge in [0.05, 0.1) is 5.69 Å². The van der Waals surface area contributed by atoms with Crippen LogP contribution >= 0.6 is 0 Å². The topological polar surface area (TPSA) is 90.0 Å². The van der Waals surface area contributed by atoms with E-state index in [2.05, 4.69) is 10.4 Å². The van der Waals surface area contributed by atoms with Crippen molar-refractivity contribution in [2.45, 2.75) is 25.3 Å². The van der Waals surface area contributed by atoms with E-state index in [1.165, 1.54) is 0 Å². The third kappa shape index (κ3) is 2.79. The molecule has 3 rings (SSSR count). The highest BCUT2D eigenvalue weighted by molar-refractivity contribution is 5.92. The molecule has 0 spiro atoms. The predicted octanol–water partition coefficient (Wildman–Crippen LogP) is 0.792. The molecular formula is C15H16N4O2. The Labute approximate surface area is 121 Å². The van der Waals surface area contributed by atoms with Gasteiger partial charge in [0, 0.05) is 24.2 Å². The fraction of sp³-hybridized carbons (Fsp3) is 0.267. The van der Waals surface area contributed by atoms with Crippen molar-refractivity contribution < 1.29 is 9.59 Å². The van der Waals surface area contributed by atoms with Gasteiger partial charge in [-0.15, -0.1) is 0 Å². The van der Waals surface area contributed by atoms with Gasteiger partial charge in [0.2, 0.25) is 5.91 Å². The third-order valence-electron chi connectivity index (χ3n) is 3.60. The Bertz CT molecular complexity index is 678. The monoisotopic (exact) mass is 284 g/mol.